The molecule has 4 rings (SSSR count). The Morgan fingerprint density at radius 2 is 1.90 bits per heavy atom. The number of likely N-dealkylation sites (N-methyl/N-ethyl adjacent to an activating group) is 1. The number of rotatable bonds is 3. The normalized spacial score (nSPS) is 16.7. The number of amides is 1. The van der Waals surface area contributed by atoms with Crippen LogP contribution >= 0.6 is 0 Å². The molecule has 3 heterocycles. The number of hydrogen-bond donors (Lipinski definition) is 1. The topological polar surface area (TPSA) is 80.4 Å². The maximum atomic E-state index is 13.2. The average Bonchev–Trinajstić information content (AvgIpc) is 2.98. The molecular weight excluding hydrogens is 375 g/mol. The van der Waals surface area contributed by atoms with Crippen molar-refractivity contribution in [3.8, 4) is 5.75 Å². The van der Waals surface area contributed by atoms with E-state index < -0.39 is 5.56 Å². The molecule has 1 amide bonds. The molecule has 0 radical (unpaired) electrons. The second kappa shape index (κ2) is 6.72. The highest BCUT2D eigenvalue weighted by Crippen LogP contribution is 2.39. The van der Waals surface area contributed by atoms with Crippen molar-refractivity contribution in [3.05, 3.63) is 57.4 Å². The number of aromatic hydroxyl groups is 1. The largest absolute Gasteiger partial charge is 0.505 e. The Morgan fingerprint density at radius 1 is 1.24 bits per heavy atom. The van der Waals surface area contributed by atoms with Crippen LogP contribution < -0.4 is 5.56 Å². The number of fused-ring (bicyclic) bond motifs is 3. The van der Waals surface area contributed by atoms with Gasteiger partial charge in [0.25, 0.3) is 11.5 Å². The molecule has 1 aliphatic rings. The first-order valence-corrected chi connectivity index (χ1v) is 9.55. The quantitative estimate of drug-likeness (QED) is 0.736. The first kappa shape index (κ1) is 19.2. The van der Waals surface area contributed by atoms with Crippen molar-refractivity contribution in [2.24, 2.45) is 5.92 Å². The minimum absolute atomic E-state index is 0.0797. The zero-order valence-electron chi connectivity index (χ0n) is 16.8. The van der Waals surface area contributed by atoms with Crippen LogP contribution in [-0.2, 0) is 6.54 Å². The van der Waals surface area contributed by atoms with Gasteiger partial charge in [0.15, 0.2) is 11.4 Å². The lowest BCUT2D eigenvalue weighted by atomic mass is 10.0. The van der Waals surface area contributed by atoms with Gasteiger partial charge >= 0.3 is 0 Å². The van der Waals surface area contributed by atoms with Crippen LogP contribution in [0.25, 0.3) is 10.9 Å². The molecular formula is C21H23FN4O3. The third-order valence-corrected chi connectivity index (χ3v) is 5.60. The lowest BCUT2D eigenvalue weighted by molar-refractivity contribution is 0.0694. The van der Waals surface area contributed by atoms with Crippen molar-refractivity contribution in [1.82, 2.24) is 19.2 Å². The fourth-order valence-corrected chi connectivity index (χ4v) is 4.08. The summed E-state index contributed by atoms with van der Waals surface area (Å²) in [5.74, 6) is -0.800. The monoisotopic (exact) mass is 398 g/mol. The maximum absolute atomic E-state index is 13.2. The molecule has 1 N–H and O–H groups in total. The van der Waals surface area contributed by atoms with Crippen LogP contribution in [0.1, 0.15) is 41.6 Å². The van der Waals surface area contributed by atoms with E-state index in [4.69, 9.17) is 0 Å². The standard InChI is InChI=1S/C21H23FN4O3/c1-11(2)15-10-24(4)21(29)18-19(27)16-17(26(15)18)12(3)23-25(20(16)28)9-13-5-7-14(22)8-6-13/h5-8,11,15,27H,9-10H2,1-4H3/t15-/m1/s1. The van der Waals surface area contributed by atoms with Crippen molar-refractivity contribution in [2.75, 3.05) is 13.6 Å². The summed E-state index contributed by atoms with van der Waals surface area (Å²) in [6.07, 6.45) is 0. The van der Waals surface area contributed by atoms with Crippen LogP contribution in [0.2, 0.25) is 0 Å². The first-order chi connectivity index (χ1) is 13.7. The summed E-state index contributed by atoms with van der Waals surface area (Å²) in [5, 5.41) is 15.4. The SMILES string of the molecule is Cc1nn(Cc2ccc(F)cc2)c(=O)c2c(O)c3n(c12)[C@@H](C(C)C)CN(C)C3=O. The van der Waals surface area contributed by atoms with Crippen LogP contribution in [0.15, 0.2) is 29.1 Å². The smallest absolute Gasteiger partial charge is 0.280 e. The number of aryl methyl sites for hydroxylation is 1. The number of benzene rings is 1. The van der Waals surface area contributed by atoms with Gasteiger partial charge < -0.3 is 14.6 Å². The lowest BCUT2D eigenvalue weighted by Crippen LogP contribution is -2.42. The molecule has 1 atom stereocenters. The molecule has 0 spiro atoms. The first-order valence-electron chi connectivity index (χ1n) is 9.55. The van der Waals surface area contributed by atoms with E-state index in [-0.39, 0.29) is 47.1 Å². The van der Waals surface area contributed by atoms with Crippen LogP contribution in [0, 0.1) is 18.7 Å². The van der Waals surface area contributed by atoms with Gasteiger partial charge in [-0.15, -0.1) is 0 Å². The van der Waals surface area contributed by atoms with Gasteiger partial charge in [-0.25, -0.2) is 9.07 Å². The van der Waals surface area contributed by atoms with Gasteiger partial charge in [-0.05, 0) is 30.5 Å². The molecule has 8 heteroatoms. The highest BCUT2D eigenvalue weighted by molar-refractivity contribution is 6.04. The zero-order chi connectivity index (χ0) is 21.0. The number of carbonyl (C=O) groups excluding carboxylic acids is 1. The summed E-state index contributed by atoms with van der Waals surface area (Å²) >= 11 is 0. The Morgan fingerprint density at radius 3 is 2.52 bits per heavy atom. The molecule has 0 unspecified atom stereocenters. The fraction of sp³-hybridized carbons (Fsp3) is 0.381. The molecule has 0 saturated heterocycles. The Hall–Kier alpha value is -3.16. The number of carbonyl (C=O) groups is 1. The molecule has 1 aromatic carbocycles. The number of aromatic nitrogens is 3. The Bertz CT molecular complexity index is 1180. The van der Waals surface area contributed by atoms with Gasteiger partial charge in [-0.1, -0.05) is 26.0 Å². The van der Waals surface area contributed by atoms with Gasteiger partial charge in [-0.2, -0.15) is 5.10 Å². The summed E-state index contributed by atoms with van der Waals surface area (Å²) in [4.78, 5) is 27.5. The number of halogens is 1. The third kappa shape index (κ3) is 2.90. The molecule has 29 heavy (non-hydrogen) atoms. The lowest BCUT2D eigenvalue weighted by Gasteiger charge is -2.35. The van der Waals surface area contributed by atoms with E-state index in [2.05, 4.69) is 5.10 Å². The van der Waals surface area contributed by atoms with Gasteiger partial charge in [0.2, 0.25) is 0 Å². The maximum Gasteiger partial charge on any atom is 0.280 e. The van der Waals surface area contributed by atoms with Gasteiger partial charge in [-0.3, -0.25) is 9.59 Å². The minimum atomic E-state index is -0.479. The molecule has 152 valence electrons. The minimum Gasteiger partial charge on any atom is -0.505 e. The van der Waals surface area contributed by atoms with Crippen LogP contribution in [-0.4, -0.2) is 43.9 Å². The van der Waals surface area contributed by atoms with Crippen molar-refractivity contribution in [2.45, 2.75) is 33.4 Å². The van der Waals surface area contributed by atoms with E-state index in [1.165, 1.54) is 16.8 Å². The van der Waals surface area contributed by atoms with Gasteiger partial charge in [0, 0.05) is 13.6 Å². The van der Waals surface area contributed by atoms with E-state index >= 15 is 0 Å². The second-order valence-electron chi connectivity index (χ2n) is 7.96. The predicted molar refractivity (Wildman–Crippen MR) is 107 cm³/mol. The Balaban J connectivity index is 1.97. The summed E-state index contributed by atoms with van der Waals surface area (Å²) in [6, 6.07) is 5.73. The van der Waals surface area contributed by atoms with Crippen molar-refractivity contribution < 1.29 is 14.3 Å². The molecule has 2 aromatic heterocycles. The van der Waals surface area contributed by atoms with E-state index in [0.29, 0.717) is 23.3 Å². The van der Waals surface area contributed by atoms with E-state index in [9.17, 15) is 19.1 Å². The molecule has 3 aromatic rings. The second-order valence-corrected chi connectivity index (χ2v) is 7.96. The summed E-state index contributed by atoms with van der Waals surface area (Å²) in [5.41, 5.74) is 1.41. The molecule has 0 fully saturated rings. The zero-order valence-corrected chi connectivity index (χ0v) is 16.8. The Labute approximate surface area is 167 Å². The Kier molecular flexibility index (Phi) is 4.44. The van der Waals surface area contributed by atoms with Crippen molar-refractivity contribution in [3.63, 3.8) is 0 Å². The molecule has 0 aliphatic carbocycles. The number of nitrogens with zero attached hydrogens (tertiary/aromatic N) is 4. The third-order valence-electron chi connectivity index (χ3n) is 5.60. The molecule has 7 nitrogen and oxygen atoms in total. The van der Waals surface area contributed by atoms with Crippen LogP contribution in [0.5, 0.6) is 5.75 Å². The van der Waals surface area contributed by atoms with Crippen LogP contribution in [0.3, 0.4) is 0 Å². The van der Waals surface area contributed by atoms with E-state index in [1.54, 1.807) is 35.6 Å². The fourth-order valence-electron chi connectivity index (χ4n) is 4.08. The molecule has 1 aliphatic heterocycles. The molecule has 0 saturated carbocycles. The van der Waals surface area contributed by atoms with Crippen LogP contribution in [0.4, 0.5) is 4.39 Å². The molecule has 0 bridgehead atoms. The summed E-state index contributed by atoms with van der Waals surface area (Å²) in [7, 11) is 1.69. The highest BCUT2D eigenvalue weighted by Gasteiger charge is 2.37. The predicted octanol–water partition coefficient (Wildman–Crippen LogP) is 2.68. The van der Waals surface area contributed by atoms with Gasteiger partial charge in [0.05, 0.1) is 23.8 Å². The van der Waals surface area contributed by atoms with E-state index in [0.717, 1.165) is 0 Å². The number of hydrogen-bond acceptors (Lipinski definition) is 4. The van der Waals surface area contributed by atoms with E-state index in [1.807, 2.05) is 13.8 Å². The summed E-state index contributed by atoms with van der Waals surface area (Å²) < 4.78 is 16.2. The van der Waals surface area contributed by atoms with Crippen molar-refractivity contribution >= 4 is 16.8 Å². The average molecular weight is 398 g/mol. The summed E-state index contributed by atoms with van der Waals surface area (Å²) in [6.45, 7) is 6.47. The van der Waals surface area contributed by atoms with Gasteiger partial charge in [0.1, 0.15) is 11.2 Å². The van der Waals surface area contributed by atoms with Crippen molar-refractivity contribution in [1.29, 1.82) is 0 Å². The highest BCUT2D eigenvalue weighted by atomic mass is 19.1.